The summed E-state index contributed by atoms with van der Waals surface area (Å²) in [4.78, 5) is 2.20. The van der Waals surface area contributed by atoms with Crippen molar-refractivity contribution >= 4 is 12.2 Å². The molecule has 0 aliphatic rings. The van der Waals surface area contributed by atoms with E-state index in [1.54, 1.807) is 6.33 Å². The summed E-state index contributed by atoms with van der Waals surface area (Å²) in [7, 11) is 2.07. The molecule has 0 bridgehead atoms. The normalized spacial score (nSPS) is 11.2. The lowest BCUT2D eigenvalue weighted by Crippen LogP contribution is -2.22. The van der Waals surface area contributed by atoms with Crippen LogP contribution in [0.15, 0.2) is 54.9 Å². The van der Waals surface area contributed by atoms with E-state index in [0.29, 0.717) is 11.4 Å². The van der Waals surface area contributed by atoms with Gasteiger partial charge in [-0.25, -0.2) is 4.68 Å². The van der Waals surface area contributed by atoms with Gasteiger partial charge >= 0.3 is 0 Å². The number of aromatic nitrogens is 3. The summed E-state index contributed by atoms with van der Waals surface area (Å²) in [5.74, 6) is 0. The van der Waals surface area contributed by atoms with E-state index in [1.165, 1.54) is 16.7 Å². The van der Waals surface area contributed by atoms with E-state index >= 15 is 0 Å². The summed E-state index contributed by atoms with van der Waals surface area (Å²) in [5, 5.41) is 4.47. The lowest BCUT2D eigenvalue weighted by atomic mass is 10.1. The first-order valence-corrected chi connectivity index (χ1v) is 8.40. The second-order valence-electron chi connectivity index (χ2n) is 6.21. The van der Waals surface area contributed by atoms with Gasteiger partial charge in [0.25, 0.3) is 0 Å². The van der Waals surface area contributed by atoms with Crippen molar-refractivity contribution in [3.63, 3.8) is 0 Å². The maximum Gasteiger partial charge on any atom is 0.203 e. The molecule has 0 spiro atoms. The monoisotopic (exact) mass is 338 g/mol. The molecule has 0 saturated heterocycles. The van der Waals surface area contributed by atoms with E-state index in [0.717, 1.165) is 12.2 Å². The Kier molecular flexibility index (Phi) is 4.92. The minimum absolute atomic E-state index is 0.658. The van der Waals surface area contributed by atoms with Crippen molar-refractivity contribution in [1.29, 1.82) is 0 Å². The molecule has 4 nitrogen and oxygen atoms in total. The SMILES string of the molecule is Cc1ccc(-n2cnn(CN(C)Cc3ccccc3)c2=S)c(C)c1. The van der Waals surface area contributed by atoms with Crippen molar-refractivity contribution < 1.29 is 0 Å². The third-order valence-electron chi connectivity index (χ3n) is 4.02. The van der Waals surface area contributed by atoms with Crippen LogP contribution in [0.25, 0.3) is 5.69 Å². The Bertz CT molecular complexity index is 880. The van der Waals surface area contributed by atoms with E-state index in [9.17, 15) is 0 Å². The molecule has 0 aliphatic carbocycles. The maximum absolute atomic E-state index is 5.62. The van der Waals surface area contributed by atoms with Gasteiger partial charge < -0.3 is 0 Å². The van der Waals surface area contributed by atoms with Gasteiger partial charge in [0, 0.05) is 6.54 Å². The molecule has 24 heavy (non-hydrogen) atoms. The Morgan fingerprint density at radius 2 is 1.83 bits per heavy atom. The lowest BCUT2D eigenvalue weighted by molar-refractivity contribution is 0.244. The van der Waals surface area contributed by atoms with Gasteiger partial charge in [-0.2, -0.15) is 5.10 Å². The van der Waals surface area contributed by atoms with Crippen molar-refractivity contribution in [1.82, 2.24) is 19.2 Å². The van der Waals surface area contributed by atoms with Crippen LogP contribution in [0.2, 0.25) is 0 Å². The van der Waals surface area contributed by atoms with Crippen LogP contribution in [0, 0.1) is 18.6 Å². The molecule has 2 aromatic carbocycles. The highest BCUT2D eigenvalue weighted by Gasteiger charge is 2.08. The summed E-state index contributed by atoms with van der Waals surface area (Å²) in [6, 6.07) is 16.8. The van der Waals surface area contributed by atoms with Gasteiger partial charge in [0.05, 0.1) is 12.4 Å². The van der Waals surface area contributed by atoms with Crippen LogP contribution in [0.3, 0.4) is 0 Å². The molecular formula is C19H22N4S. The Balaban J connectivity index is 1.79. The van der Waals surface area contributed by atoms with Crippen LogP contribution in [-0.4, -0.2) is 26.3 Å². The zero-order valence-corrected chi connectivity index (χ0v) is 15.1. The number of hydrogen-bond acceptors (Lipinski definition) is 3. The van der Waals surface area contributed by atoms with Gasteiger partial charge in [0.2, 0.25) is 4.77 Å². The van der Waals surface area contributed by atoms with Gasteiger partial charge in [-0.1, -0.05) is 48.0 Å². The number of rotatable bonds is 5. The Labute approximate surface area is 148 Å². The molecule has 0 unspecified atom stereocenters. The van der Waals surface area contributed by atoms with Crippen molar-refractivity contribution in [3.8, 4) is 5.69 Å². The number of benzene rings is 2. The van der Waals surface area contributed by atoms with Crippen LogP contribution in [-0.2, 0) is 13.2 Å². The number of nitrogens with zero attached hydrogens (tertiary/aromatic N) is 4. The van der Waals surface area contributed by atoms with E-state index < -0.39 is 0 Å². The highest BCUT2D eigenvalue weighted by molar-refractivity contribution is 7.71. The summed E-state index contributed by atoms with van der Waals surface area (Å²) < 4.78 is 4.54. The fraction of sp³-hybridized carbons (Fsp3) is 0.263. The third kappa shape index (κ3) is 3.63. The topological polar surface area (TPSA) is 26.0 Å². The van der Waals surface area contributed by atoms with Crippen molar-refractivity contribution in [3.05, 3.63) is 76.3 Å². The van der Waals surface area contributed by atoms with E-state index in [-0.39, 0.29) is 0 Å². The molecule has 0 fully saturated rings. The Morgan fingerprint density at radius 3 is 2.54 bits per heavy atom. The van der Waals surface area contributed by atoms with E-state index in [2.05, 4.69) is 73.4 Å². The largest absolute Gasteiger partial charge is 0.283 e. The van der Waals surface area contributed by atoms with Gasteiger partial charge in [0.15, 0.2) is 0 Å². The summed E-state index contributed by atoms with van der Waals surface area (Å²) in [5.41, 5.74) is 4.81. The highest BCUT2D eigenvalue weighted by atomic mass is 32.1. The first kappa shape index (κ1) is 16.6. The fourth-order valence-corrected chi connectivity index (χ4v) is 3.10. The van der Waals surface area contributed by atoms with Gasteiger partial charge in [-0.05, 0) is 50.3 Å². The highest BCUT2D eigenvalue weighted by Crippen LogP contribution is 2.16. The summed E-state index contributed by atoms with van der Waals surface area (Å²) in [6.45, 7) is 5.71. The predicted molar refractivity (Wildman–Crippen MR) is 99.8 cm³/mol. The van der Waals surface area contributed by atoms with Crippen molar-refractivity contribution in [2.75, 3.05) is 7.05 Å². The zero-order valence-electron chi connectivity index (χ0n) is 14.3. The summed E-state index contributed by atoms with van der Waals surface area (Å²) >= 11 is 5.62. The van der Waals surface area contributed by atoms with Gasteiger partial charge in [0.1, 0.15) is 6.33 Å². The molecule has 124 valence electrons. The van der Waals surface area contributed by atoms with E-state index in [4.69, 9.17) is 12.2 Å². The maximum atomic E-state index is 5.62. The average molecular weight is 338 g/mol. The third-order valence-corrected chi connectivity index (χ3v) is 4.42. The summed E-state index contributed by atoms with van der Waals surface area (Å²) in [6.07, 6.45) is 1.80. The standard InChI is InChI=1S/C19H22N4S/c1-15-9-10-18(16(2)11-15)22-13-20-23(19(22)24)14-21(3)12-17-7-5-4-6-8-17/h4-11,13H,12,14H2,1-3H3. The van der Waals surface area contributed by atoms with Crippen molar-refractivity contribution in [2.24, 2.45) is 0 Å². The average Bonchev–Trinajstić information content (AvgIpc) is 2.89. The minimum atomic E-state index is 0.658. The molecule has 0 saturated carbocycles. The fourth-order valence-electron chi connectivity index (χ4n) is 2.85. The van der Waals surface area contributed by atoms with Crippen LogP contribution < -0.4 is 0 Å². The molecule has 3 aromatic rings. The van der Waals surface area contributed by atoms with Gasteiger partial charge in [-0.15, -0.1) is 0 Å². The first-order chi connectivity index (χ1) is 11.5. The van der Waals surface area contributed by atoms with E-state index in [1.807, 2.05) is 15.3 Å². The number of aryl methyl sites for hydroxylation is 2. The van der Waals surface area contributed by atoms with Crippen LogP contribution in [0.5, 0.6) is 0 Å². The Morgan fingerprint density at radius 1 is 1.08 bits per heavy atom. The Hall–Kier alpha value is -2.24. The second-order valence-corrected chi connectivity index (χ2v) is 6.58. The molecule has 1 aromatic heterocycles. The van der Waals surface area contributed by atoms with Crippen molar-refractivity contribution in [2.45, 2.75) is 27.1 Å². The molecule has 0 amide bonds. The zero-order chi connectivity index (χ0) is 17.1. The molecule has 1 heterocycles. The van der Waals surface area contributed by atoms with Crippen LogP contribution in [0.1, 0.15) is 16.7 Å². The second kappa shape index (κ2) is 7.11. The minimum Gasteiger partial charge on any atom is -0.283 e. The lowest BCUT2D eigenvalue weighted by Gasteiger charge is -2.16. The van der Waals surface area contributed by atoms with Gasteiger partial charge in [-0.3, -0.25) is 9.47 Å². The molecule has 0 N–H and O–H groups in total. The molecular weight excluding hydrogens is 316 g/mol. The molecule has 0 aliphatic heterocycles. The quantitative estimate of drug-likeness (QED) is 0.655. The van der Waals surface area contributed by atoms with Crippen LogP contribution >= 0.6 is 12.2 Å². The first-order valence-electron chi connectivity index (χ1n) is 7.99. The molecule has 5 heteroatoms. The molecule has 0 atom stereocenters. The molecule has 3 rings (SSSR count). The predicted octanol–water partition coefficient (Wildman–Crippen LogP) is 4.11. The number of hydrogen-bond donors (Lipinski definition) is 0. The van der Waals surface area contributed by atoms with Crippen LogP contribution in [0.4, 0.5) is 0 Å². The molecule has 0 radical (unpaired) electrons. The smallest absolute Gasteiger partial charge is 0.203 e.